The molecule has 4 nitrogen and oxygen atoms in total. The number of carbonyl (C=O) groups excluding carboxylic acids is 1. The molecule has 24 heavy (non-hydrogen) atoms. The van der Waals surface area contributed by atoms with Crippen molar-refractivity contribution in [2.45, 2.75) is 13.2 Å². The van der Waals surface area contributed by atoms with E-state index in [-0.39, 0.29) is 12.2 Å². The normalized spacial score (nSPS) is 10.6. The van der Waals surface area contributed by atoms with Crippen molar-refractivity contribution in [1.82, 2.24) is 9.55 Å². The minimum atomic E-state index is -0.531. The first-order valence-corrected chi connectivity index (χ1v) is 8.09. The summed E-state index contributed by atoms with van der Waals surface area (Å²) in [5, 5.41) is 0. The maximum atomic E-state index is 13.1. The molecular weight excluding hydrogens is 375 g/mol. The van der Waals surface area contributed by atoms with E-state index in [1.54, 1.807) is 6.20 Å². The van der Waals surface area contributed by atoms with Crippen LogP contribution in [-0.2, 0) is 17.9 Å². The first kappa shape index (κ1) is 16.4. The van der Waals surface area contributed by atoms with Gasteiger partial charge in [-0.1, -0.05) is 30.3 Å². The van der Waals surface area contributed by atoms with Gasteiger partial charge in [0.2, 0.25) is 0 Å². The maximum Gasteiger partial charge on any atom is 0.339 e. The number of imidazole rings is 1. The van der Waals surface area contributed by atoms with Crippen LogP contribution in [0, 0.1) is 5.82 Å². The number of hydrogen-bond acceptors (Lipinski definition) is 3. The van der Waals surface area contributed by atoms with Crippen LogP contribution in [0.3, 0.4) is 0 Å². The van der Waals surface area contributed by atoms with Gasteiger partial charge >= 0.3 is 5.97 Å². The summed E-state index contributed by atoms with van der Waals surface area (Å²) in [6.45, 7) is 0.691. The van der Waals surface area contributed by atoms with Crippen molar-refractivity contribution in [3.8, 4) is 0 Å². The maximum absolute atomic E-state index is 13.1. The van der Waals surface area contributed by atoms with Crippen LogP contribution in [0.5, 0.6) is 0 Å². The molecule has 0 amide bonds. The van der Waals surface area contributed by atoms with Crippen LogP contribution in [0.15, 0.2) is 65.4 Å². The lowest BCUT2D eigenvalue weighted by Gasteiger charge is -2.09. The SMILES string of the molecule is O=C(OCc1nccn1Cc1ccccc1)c1ccc(F)cc1Br. The molecule has 0 spiro atoms. The van der Waals surface area contributed by atoms with Crippen LogP contribution in [-0.4, -0.2) is 15.5 Å². The van der Waals surface area contributed by atoms with E-state index in [9.17, 15) is 9.18 Å². The second kappa shape index (κ2) is 7.40. The van der Waals surface area contributed by atoms with Crippen molar-refractivity contribution in [1.29, 1.82) is 0 Å². The summed E-state index contributed by atoms with van der Waals surface area (Å²) in [4.78, 5) is 16.4. The second-order valence-electron chi connectivity index (χ2n) is 5.16. The summed E-state index contributed by atoms with van der Waals surface area (Å²) in [6, 6.07) is 13.8. The Morgan fingerprint density at radius 2 is 2.00 bits per heavy atom. The lowest BCUT2D eigenvalue weighted by atomic mass is 10.2. The van der Waals surface area contributed by atoms with Gasteiger partial charge in [0.15, 0.2) is 0 Å². The number of hydrogen-bond donors (Lipinski definition) is 0. The van der Waals surface area contributed by atoms with Crippen molar-refractivity contribution in [2.24, 2.45) is 0 Å². The first-order valence-electron chi connectivity index (χ1n) is 7.29. The zero-order valence-electron chi connectivity index (χ0n) is 12.7. The highest BCUT2D eigenvalue weighted by molar-refractivity contribution is 9.10. The van der Waals surface area contributed by atoms with E-state index in [1.807, 2.05) is 41.1 Å². The van der Waals surface area contributed by atoms with Crippen LogP contribution < -0.4 is 0 Å². The number of halogens is 2. The zero-order valence-corrected chi connectivity index (χ0v) is 14.2. The summed E-state index contributed by atoms with van der Waals surface area (Å²) >= 11 is 3.16. The topological polar surface area (TPSA) is 44.1 Å². The summed E-state index contributed by atoms with van der Waals surface area (Å²) in [7, 11) is 0. The van der Waals surface area contributed by atoms with E-state index in [1.165, 1.54) is 18.2 Å². The average molecular weight is 389 g/mol. The number of rotatable bonds is 5. The number of esters is 1. The van der Waals surface area contributed by atoms with Crippen molar-refractivity contribution in [3.05, 3.63) is 88.2 Å². The number of ether oxygens (including phenoxy) is 1. The number of benzene rings is 2. The van der Waals surface area contributed by atoms with Crippen molar-refractivity contribution in [2.75, 3.05) is 0 Å². The third kappa shape index (κ3) is 3.89. The highest BCUT2D eigenvalue weighted by Crippen LogP contribution is 2.19. The molecule has 0 N–H and O–H groups in total. The predicted octanol–water partition coefficient (Wildman–Crippen LogP) is 4.19. The Balaban J connectivity index is 1.67. The highest BCUT2D eigenvalue weighted by Gasteiger charge is 2.14. The third-order valence-electron chi connectivity index (χ3n) is 3.48. The van der Waals surface area contributed by atoms with Gasteiger partial charge < -0.3 is 9.30 Å². The van der Waals surface area contributed by atoms with E-state index in [0.717, 1.165) is 5.56 Å². The lowest BCUT2D eigenvalue weighted by Crippen LogP contribution is -2.11. The number of aromatic nitrogens is 2. The smallest absolute Gasteiger partial charge is 0.339 e. The molecule has 0 radical (unpaired) electrons. The van der Waals surface area contributed by atoms with Gasteiger partial charge in [-0.15, -0.1) is 0 Å². The Morgan fingerprint density at radius 1 is 1.21 bits per heavy atom. The van der Waals surface area contributed by atoms with Crippen LogP contribution in [0.4, 0.5) is 4.39 Å². The van der Waals surface area contributed by atoms with Gasteiger partial charge in [0.1, 0.15) is 18.2 Å². The van der Waals surface area contributed by atoms with Gasteiger partial charge in [-0.3, -0.25) is 0 Å². The molecule has 0 unspecified atom stereocenters. The summed E-state index contributed by atoms with van der Waals surface area (Å²) in [6.07, 6.45) is 3.50. The number of nitrogens with zero attached hydrogens (tertiary/aromatic N) is 2. The second-order valence-corrected chi connectivity index (χ2v) is 6.01. The van der Waals surface area contributed by atoms with E-state index < -0.39 is 11.8 Å². The van der Waals surface area contributed by atoms with Crippen LogP contribution in [0.1, 0.15) is 21.7 Å². The van der Waals surface area contributed by atoms with Crippen LogP contribution in [0.25, 0.3) is 0 Å². The first-order chi connectivity index (χ1) is 11.6. The lowest BCUT2D eigenvalue weighted by molar-refractivity contribution is 0.0457. The molecule has 2 aromatic carbocycles. The van der Waals surface area contributed by atoms with Crippen LogP contribution >= 0.6 is 15.9 Å². The van der Waals surface area contributed by atoms with Gasteiger partial charge in [-0.2, -0.15) is 0 Å². The van der Waals surface area contributed by atoms with E-state index in [0.29, 0.717) is 16.8 Å². The largest absolute Gasteiger partial charge is 0.454 e. The third-order valence-corrected chi connectivity index (χ3v) is 4.14. The fourth-order valence-electron chi connectivity index (χ4n) is 2.27. The van der Waals surface area contributed by atoms with E-state index in [4.69, 9.17) is 4.74 Å². The Kier molecular flexibility index (Phi) is 5.05. The predicted molar refractivity (Wildman–Crippen MR) is 91.0 cm³/mol. The Morgan fingerprint density at radius 3 is 2.75 bits per heavy atom. The molecule has 0 bridgehead atoms. The van der Waals surface area contributed by atoms with Gasteiger partial charge in [-0.05, 0) is 39.7 Å². The molecule has 0 aliphatic rings. The van der Waals surface area contributed by atoms with Crippen molar-refractivity contribution >= 4 is 21.9 Å². The Hall–Kier alpha value is -2.47. The molecule has 0 saturated heterocycles. The Labute approximate surface area is 147 Å². The van der Waals surface area contributed by atoms with E-state index in [2.05, 4.69) is 20.9 Å². The molecule has 6 heteroatoms. The minimum Gasteiger partial charge on any atom is -0.454 e. The average Bonchev–Trinajstić information content (AvgIpc) is 3.00. The Bertz CT molecular complexity index is 849. The van der Waals surface area contributed by atoms with Crippen LogP contribution in [0.2, 0.25) is 0 Å². The quantitative estimate of drug-likeness (QED) is 0.615. The highest BCUT2D eigenvalue weighted by atomic mass is 79.9. The standard InChI is InChI=1S/C18H14BrFN2O2/c19-16-10-14(20)6-7-15(16)18(23)24-12-17-21-8-9-22(17)11-13-4-2-1-3-5-13/h1-10H,11-12H2. The van der Waals surface area contributed by atoms with Gasteiger partial charge in [0.05, 0.1) is 5.56 Å². The summed E-state index contributed by atoms with van der Waals surface area (Å²) in [5.41, 5.74) is 1.40. The van der Waals surface area contributed by atoms with Crippen molar-refractivity contribution < 1.29 is 13.9 Å². The van der Waals surface area contributed by atoms with Gasteiger partial charge in [0.25, 0.3) is 0 Å². The minimum absolute atomic E-state index is 0.0441. The molecule has 0 atom stereocenters. The molecule has 1 aromatic heterocycles. The summed E-state index contributed by atoms with van der Waals surface area (Å²) in [5.74, 6) is -0.307. The summed E-state index contributed by atoms with van der Waals surface area (Å²) < 4.78 is 20.7. The fourth-order valence-corrected chi connectivity index (χ4v) is 2.78. The molecule has 3 rings (SSSR count). The van der Waals surface area contributed by atoms with E-state index >= 15 is 0 Å². The number of carbonyl (C=O) groups is 1. The molecule has 1 heterocycles. The molecular formula is C18H14BrFN2O2. The molecule has 0 fully saturated rings. The molecule has 0 aliphatic heterocycles. The molecule has 122 valence electrons. The molecule has 0 aliphatic carbocycles. The van der Waals surface area contributed by atoms with Crippen molar-refractivity contribution in [3.63, 3.8) is 0 Å². The monoisotopic (exact) mass is 388 g/mol. The van der Waals surface area contributed by atoms with Gasteiger partial charge in [-0.25, -0.2) is 14.2 Å². The molecule has 3 aromatic rings. The van der Waals surface area contributed by atoms with Gasteiger partial charge in [0, 0.05) is 23.4 Å². The zero-order chi connectivity index (χ0) is 16.9. The fraction of sp³-hybridized carbons (Fsp3) is 0.111. The molecule has 0 saturated carbocycles.